The first-order valence-corrected chi connectivity index (χ1v) is 11.5. The first kappa shape index (κ1) is 19.6. The maximum absolute atomic E-state index is 12.4. The van der Waals surface area contributed by atoms with Gasteiger partial charge in [0.05, 0.1) is 22.1 Å². The van der Waals surface area contributed by atoms with Crippen molar-refractivity contribution in [3.05, 3.63) is 58.4 Å². The minimum Gasteiger partial charge on any atom is -0.362 e. The molecule has 3 N–H and O–H groups in total. The molecule has 1 aromatic heterocycles. The molecule has 0 atom stereocenters. The van der Waals surface area contributed by atoms with E-state index in [0.717, 1.165) is 34.9 Å². The number of rotatable bonds is 5. The molecule has 1 aliphatic rings. The number of anilines is 2. The van der Waals surface area contributed by atoms with Crippen LogP contribution in [-0.4, -0.2) is 32.4 Å². The SMILES string of the molecule is Cc1nc(-c2ccc3c(c2)CCN3CC(=O)Nc2ccc(S(N)(=O)=O)cc2)cs1. The van der Waals surface area contributed by atoms with E-state index in [0.29, 0.717) is 5.69 Å². The van der Waals surface area contributed by atoms with E-state index in [1.807, 2.05) is 24.0 Å². The zero-order chi connectivity index (χ0) is 20.6. The number of aryl methyl sites for hydroxylation is 1. The molecular formula is C20H20N4O3S2. The average Bonchev–Trinajstić information content (AvgIpc) is 3.27. The van der Waals surface area contributed by atoms with Crippen LogP contribution in [0.3, 0.4) is 0 Å². The topological polar surface area (TPSA) is 105 Å². The number of amides is 1. The van der Waals surface area contributed by atoms with Crippen molar-refractivity contribution in [1.82, 2.24) is 4.98 Å². The van der Waals surface area contributed by atoms with Gasteiger partial charge in [-0.1, -0.05) is 6.07 Å². The standard InChI is InChI=1S/C20H20N4O3S2/c1-13-22-18(12-28-13)14-2-7-19-15(10-14)8-9-24(19)11-20(25)23-16-3-5-17(6-4-16)29(21,26)27/h2-7,10,12H,8-9,11H2,1H3,(H,23,25)(H2,21,26,27). The van der Waals surface area contributed by atoms with Crippen LogP contribution >= 0.6 is 11.3 Å². The number of nitrogens with one attached hydrogen (secondary N) is 1. The van der Waals surface area contributed by atoms with E-state index in [9.17, 15) is 13.2 Å². The van der Waals surface area contributed by atoms with Gasteiger partial charge in [-0.15, -0.1) is 11.3 Å². The molecular weight excluding hydrogens is 408 g/mol. The molecule has 4 rings (SSSR count). The van der Waals surface area contributed by atoms with Gasteiger partial charge in [-0.25, -0.2) is 18.5 Å². The molecule has 7 nitrogen and oxygen atoms in total. The molecule has 0 saturated heterocycles. The number of benzene rings is 2. The minimum atomic E-state index is -3.75. The summed E-state index contributed by atoms with van der Waals surface area (Å²) in [4.78, 5) is 19.0. The summed E-state index contributed by atoms with van der Waals surface area (Å²) in [6.45, 7) is 2.98. The largest absolute Gasteiger partial charge is 0.362 e. The van der Waals surface area contributed by atoms with Crippen LogP contribution in [-0.2, 0) is 21.2 Å². The maximum Gasteiger partial charge on any atom is 0.243 e. The maximum atomic E-state index is 12.4. The van der Waals surface area contributed by atoms with Gasteiger partial charge in [0, 0.05) is 28.9 Å². The molecule has 1 aliphatic heterocycles. The Bertz CT molecular complexity index is 1170. The van der Waals surface area contributed by atoms with Crippen molar-refractivity contribution in [3.8, 4) is 11.3 Å². The molecule has 3 aromatic rings. The van der Waals surface area contributed by atoms with Crippen LogP contribution in [0.4, 0.5) is 11.4 Å². The monoisotopic (exact) mass is 428 g/mol. The number of hydrogen-bond acceptors (Lipinski definition) is 6. The van der Waals surface area contributed by atoms with E-state index < -0.39 is 10.0 Å². The average molecular weight is 429 g/mol. The van der Waals surface area contributed by atoms with E-state index in [1.165, 1.54) is 29.8 Å². The summed E-state index contributed by atoms with van der Waals surface area (Å²) in [6, 6.07) is 12.0. The van der Waals surface area contributed by atoms with Crippen molar-refractivity contribution in [2.24, 2.45) is 5.14 Å². The summed E-state index contributed by atoms with van der Waals surface area (Å²) in [6.07, 6.45) is 0.878. The molecule has 0 bridgehead atoms. The number of nitrogens with zero attached hydrogens (tertiary/aromatic N) is 2. The van der Waals surface area contributed by atoms with E-state index >= 15 is 0 Å². The lowest BCUT2D eigenvalue weighted by Gasteiger charge is -2.19. The zero-order valence-electron chi connectivity index (χ0n) is 15.8. The van der Waals surface area contributed by atoms with Gasteiger partial charge in [-0.3, -0.25) is 4.79 Å². The molecule has 2 aromatic carbocycles. The minimum absolute atomic E-state index is 0.00933. The first-order chi connectivity index (χ1) is 13.8. The summed E-state index contributed by atoms with van der Waals surface area (Å²) < 4.78 is 22.6. The number of primary sulfonamides is 1. The molecule has 0 fully saturated rings. The molecule has 0 saturated carbocycles. The van der Waals surface area contributed by atoms with Crippen LogP contribution in [0.25, 0.3) is 11.3 Å². The van der Waals surface area contributed by atoms with Crippen LogP contribution in [0.2, 0.25) is 0 Å². The van der Waals surface area contributed by atoms with E-state index in [-0.39, 0.29) is 17.3 Å². The van der Waals surface area contributed by atoms with Crippen LogP contribution in [0, 0.1) is 6.92 Å². The highest BCUT2D eigenvalue weighted by atomic mass is 32.2. The van der Waals surface area contributed by atoms with Gasteiger partial charge in [-0.05, 0) is 55.3 Å². The van der Waals surface area contributed by atoms with Gasteiger partial charge in [0.1, 0.15) is 0 Å². The van der Waals surface area contributed by atoms with Crippen LogP contribution in [0.15, 0.2) is 52.7 Å². The van der Waals surface area contributed by atoms with Crippen molar-refractivity contribution >= 4 is 38.6 Å². The van der Waals surface area contributed by atoms with E-state index in [2.05, 4.69) is 21.7 Å². The van der Waals surface area contributed by atoms with Gasteiger partial charge in [-0.2, -0.15) is 0 Å². The Kier molecular flexibility index (Phi) is 5.12. The van der Waals surface area contributed by atoms with Crippen molar-refractivity contribution in [2.75, 3.05) is 23.3 Å². The van der Waals surface area contributed by atoms with E-state index in [1.54, 1.807) is 11.3 Å². The predicted molar refractivity (Wildman–Crippen MR) is 115 cm³/mol. The molecule has 9 heteroatoms. The second-order valence-electron chi connectivity index (χ2n) is 6.88. The van der Waals surface area contributed by atoms with Gasteiger partial charge < -0.3 is 10.2 Å². The molecule has 150 valence electrons. The normalized spacial score (nSPS) is 13.4. The smallest absolute Gasteiger partial charge is 0.243 e. The highest BCUT2D eigenvalue weighted by molar-refractivity contribution is 7.89. The number of hydrogen-bond donors (Lipinski definition) is 2. The van der Waals surface area contributed by atoms with Crippen LogP contribution < -0.4 is 15.4 Å². The molecule has 0 aliphatic carbocycles. The quantitative estimate of drug-likeness (QED) is 0.650. The second-order valence-corrected chi connectivity index (χ2v) is 9.51. The molecule has 2 heterocycles. The van der Waals surface area contributed by atoms with Crippen LogP contribution in [0.1, 0.15) is 10.6 Å². The lowest BCUT2D eigenvalue weighted by atomic mass is 10.1. The molecule has 29 heavy (non-hydrogen) atoms. The molecule has 1 amide bonds. The third-order valence-electron chi connectivity index (χ3n) is 4.79. The Hall–Kier alpha value is -2.75. The Morgan fingerprint density at radius 1 is 1.24 bits per heavy atom. The van der Waals surface area contributed by atoms with Crippen LogP contribution in [0.5, 0.6) is 0 Å². The number of carbonyl (C=O) groups is 1. The fourth-order valence-corrected chi connectivity index (χ4v) is 4.53. The first-order valence-electron chi connectivity index (χ1n) is 9.03. The lowest BCUT2D eigenvalue weighted by Crippen LogP contribution is -2.31. The fraction of sp³-hybridized carbons (Fsp3) is 0.200. The fourth-order valence-electron chi connectivity index (χ4n) is 3.39. The summed E-state index contributed by atoms with van der Waals surface area (Å²) in [5.74, 6) is -0.166. The summed E-state index contributed by atoms with van der Waals surface area (Å²) in [5, 5.41) is 11.0. The van der Waals surface area contributed by atoms with Gasteiger partial charge in [0.15, 0.2) is 0 Å². The summed E-state index contributed by atoms with van der Waals surface area (Å²) in [5.41, 5.74) is 4.86. The highest BCUT2D eigenvalue weighted by Crippen LogP contribution is 2.32. The van der Waals surface area contributed by atoms with Crippen molar-refractivity contribution in [3.63, 3.8) is 0 Å². The van der Waals surface area contributed by atoms with Crippen molar-refractivity contribution in [2.45, 2.75) is 18.2 Å². The highest BCUT2D eigenvalue weighted by Gasteiger charge is 2.22. The number of nitrogens with two attached hydrogens (primary N) is 1. The van der Waals surface area contributed by atoms with E-state index in [4.69, 9.17) is 5.14 Å². The number of fused-ring (bicyclic) bond motifs is 1. The third-order valence-corrected chi connectivity index (χ3v) is 6.49. The Balaban J connectivity index is 1.43. The zero-order valence-corrected chi connectivity index (χ0v) is 17.4. The summed E-state index contributed by atoms with van der Waals surface area (Å²) in [7, 11) is -3.75. The molecule has 0 radical (unpaired) electrons. The number of thiazole rings is 1. The van der Waals surface area contributed by atoms with Gasteiger partial charge in [0.2, 0.25) is 15.9 Å². The van der Waals surface area contributed by atoms with Crippen molar-refractivity contribution < 1.29 is 13.2 Å². The van der Waals surface area contributed by atoms with Gasteiger partial charge in [0.25, 0.3) is 0 Å². The summed E-state index contributed by atoms with van der Waals surface area (Å²) >= 11 is 1.63. The second kappa shape index (κ2) is 7.58. The Morgan fingerprint density at radius 3 is 2.66 bits per heavy atom. The van der Waals surface area contributed by atoms with Crippen molar-refractivity contribution in [1.29, 1.82) is 0 Å². The molecule has 0 spiro atoms. The lowest BCUT2D eigenvalue weighted by molar-refractivity contribution is -0.115. The predicted octanol–water partition coefficient (Wildman–Crippen LogP) is 2.77. The third kappa shape index (κ3) is 4.31. The molecule has 0 unspecified atom stereocenters. The van der Waals surface area contributed by atoms with Gasteiger partial charge >= 0.3 is 0 Å². The number of sulfonamides is 1. The Labute approximate surface area is 173 Å². The Morgan fingerprint density at radius 2 is 2.00 bits per heavy atom. The number of aromatic nitrogens is 1. The number of carbonyl (C=O) groups excluding carboxylic acids is 1.